The molecule has 7 heteroatoms. The molecule has 1 saturated heterocycles. The summed E-state index contributed by atoms with van der Waals surface area (Å²) in [5.74, 6) is -1.04. The largest absolute Gasteiger partial charge is 0.481 e. The van der Waals surface area contributed by atoms with Crippen LogP contribution in [-0.4, -0.2) is 58.9 Å². The Kier molecular flexibility index (Phi) is 5.18. The first-order valence-corrected chi connectivity index (χ1v) is 7.52. The average Bonchev–Trinajstić information content (AvgIpc) is 2.93. The van der Waals surface area contributed by atoms with Crippen LogP contribution in [0.1, 0.15) is 41.9 Å². The molecular weight excluding hydrogens is 286 g/mol. The number of piperidine rings is 1. The molecule has 1 fully saturated rings. The molecule has 1 amide bonds. The lowest BCUT2D eigenvalue weighted by molar-refractivity contribution is -0.152. The molecule has 1 aromatic heterocycles. The van der Waals surface area contributed by atoms with Gasteiger partial charge in [0, 0.05) is 32.5 Å². The number of hydrogen-bond donors (Lipinski definition) is 2. The number of carbonyl (C=O) groups is 2. The summed E-state index contributed by atoms with van der Waals surface area (Å²) in [5.41, 5.74) is 0.276. The van der Waals surface area contributed by atoms with Crippen molar-refractivity contribution >= 4 is 11.9 Å². The van der Waals surface area contributed by atoms with Crippen LogP contribution in [0.2, 0.25) is 0 Å². The summed E-state index contributed by atoms with van der Waals surface area (Å²) in [6, 6.07) is 1.68. The van der Waals surface area contributed by atoms with E-state index in [1.54, 1.807) is 18.1 Å². The summed E-state index contributed by atoms with van der Waals surface area (Å²) in [5, 5.41) is 16.4. The van der Waals surface area contributed by atoms with E-state index in [1.807, 2.05) is 6.92 Å². The molecule has 0 bridgehead atoms. The maximum Gasteiger partial charge on any atom is 0.311 e. The van der Waals surface area contributed by atoms with Crippen molar-refractivity contribution in [2.75, 3.05) is 26.8 Å². The molecule has 1 atom stereocenters. The van der Waals surface area contributed by atoms with Crippen molar-refractivity contribution in [3.05, 3.63) is 17.5 Å². The monoisotopic (exact) mass is 309 g/mol. The molecule has 1 aromatic rings. The molecule has 2 heterocycles. The van der Waals surface area contributed by atoms with Gasteiger partial charge in [-0.2, -0.15) is 5.10 Å². The van der Waals surface area contributed by atoms with Crippen LogP contribution in [0.15, 0.2) is 6.07 Å². The van der Waals surface area contributed by atoms with E-state index in [0.29, 0.717) is 44.5 Å². The number of carbonyl (C=O) groups excluding carboxylic acids is 1. The Morgan fingerprint density at radius 2 is 2.32 bits per heavy atom. The molecule has 0 aromatic carbocycles. The molecule has 0 spiro atoms. The highest BCUT2D eigenvalue weighted by molar-refractivity contribution is 5.93. The highest BCUT2D eigenvalue weighted by atomic mass is 16.5. The fraction of sp³-hybridized carbons (Fsp3) is 0.667. The average molecular weight is 309 g/mol. The Bertz CT molecular complexity index is 543. The second-order valence-electron chi connectivity index (χ2n) is 5.95. The Balaban J connectivity index is 2.11. The molecule has 1 aliphatic rings. The first-order chi connectivity index (χ1) is 10.5. The number of H-pyrrole nitrogens is 1. The summed E-state index contributed by atoms with van der Waals surface area (Å²) in [7, 11) is 1.60. The number of aromatic nitrogens is 2. The van der Waals surface area contributed by atoms with Gasteiger partial charge in [-0.15, -0.1) is 0 Å². The molecular formula is C15H23N3O4. The highest BCUT2D eigenvalue weighted by Crippen LogP contribution is 2.35. The van der Waals surface area contributed by atoms with Crippen LogP contribution in [0.5, 0.6) is 0 Å². The van der Waals surface area contributed by atoms with Gasteiger partial charge in [-0.25, -0.2) is 0 Å². The number of nitrogens with one attached hydrogen (secondary N) is 1. The third kappa shape index (κ3) is 3.47. The Morgan fingerprint density at radius 1 is 1.55 bits per heavy atom. The van der Waals surface area contributed by atoms with Crippen LogP contribution in [0.3, 0.4) is 0 Å². The zero-order valence-electron chi connectivity index (χ0n) is 13.1. The molecule has 1 aliphatic heterocycles. The first kappa shape index (κ1) is 16.5. The van der Waals surface area contributed by atoms with Gasteiger partial charge in [0.1, 0.15) is 5.69 Å². The number of aryl methyl sites for hydroxylation is 1. The fourth-order valence-corrected chi connectivity index (χ4v) is 3.04. The molecule has 0 aliphatic carbocycles. The van der Waals surface area contributed by atoms with Crippen LogP contribution in [0.4, 0.5) is 0 Å². The summed E-state index contributed by atoms with van der Waals surface area (Å²) >= 11 is 0. The highest BCUT2D eigenvalue weighted by Gasteiger charge is 2.43. The van der Waals surface area contributed by atoms with Crippen LogP contribution in [0, 0.1) is 12.3 Å². The topological polar surface area (TPSA) is 95.5 Å². The van der Waals surface area contributed by atoms with E-state index in [9.17, 15) is 14.7 Å². The number of amides is 1. The number of ether oxygens (including phenoxy) is 1. The zero-order chi connectivity index (χ0) is 16.2. The Labute approximate surface area is 129 Å². The number of carboxylic acids is 1. The van der Waals surface area contributed by atoms with Gasteiger partial charge in [0.25, 0.3) is 5.91 Å². The van der Waals surface area contributed by atoms with Crippen LogP contribution in [0.25, 0.3) is 0 Å². The van der Waals surface area contributed by atoms with Gasteiger partial charge in [0.2, 0.25) is 0 Å². The van der Waals surface area contributed by atoms with Crippen molar-refractivity contribution in [1.29, 1.82) is 0 Å². The standard InChI is InChI=1S/C15H23N3O4/c1-11-9-12(17-16-11)13(19)18-7-3-5-15(10-18,14(20)21)6-4-8-22-2/h9H,3-8,10H2,1-2H3,(H,16,17)(H,20,21)/t15-/m0/s1. The predicted octanol–water partition coefficient (Wildman–Crippen LogP) is 1.45. The second-order valence-corrected chi connectivity index (χ2v) is 5.95. The molecule has 2 rings (SSSR count). The van der Waals surface area contributed by atoms with Crippen LogP contribution < -0.4 is 0 Å². The minimum atomic E-state index is -0.877. The zero-order valence-corrected chi connectivity index (χ0v) is 13.1. The third-order valence-corrected chi connectivity index (χ3v) is 4.25. The number of carboxylic acid groups (broad SMARTS) is 1. The maximum atomic E-state index is 12.5. The van der Waals surface area contributed by atoms with Gasteiger partial charge in [-0.1, -0.05) is 0 Å². The number of aliphatic carboxylic acids is 1. The van der Waals surface area contributed by atoms with Crippen molar-refractivity contribution in [2.45, 2.75) is 32.6 Å². The molecule has 0 unspecified atom stereocenters. The Morgan fingerprint density at radius 3 is 2.91 bits per heavy atom. The van der Waals surface area contributed by atoms with Crippen molar-refractivity contribution in [1.82, 2.24) is 15.1 Å². The predicted molar refractivity (Wildman–Crippen MR) is 79.6 cm³/mol. The van der Waals surface area contributed by atoms with Gasteiger partial charge in [-0.3, -0.25) is 14.7 Å². The van der Waals surface area contributed by atoms with Crippen molar-refractivity contribution in [2.24, 2.45) is 5.41 Å². The molecule has 7 nitrogen and oxygen atoms in total. The minimum absolute atomic E-state index is 0.207. The molecule has 122 valence electrons. The minimum Gasteiger partial charge on any atom is -0.481 e. The summed E-state index contributed by atoms with van der Waals surface area (Å²) in [4.78, 5) is 25.9. The van der Waals surface area contributed by atoms with E-state index in [0.717, 1.165) is 5.69 Å². The maximum absolute atomic E-state index is 12.5. The summed E-state index contributed by atoms with van der Waals surface area (Å²) in [6.45, 7) is 3.16. The van der Waals surface area contributed by atoms with Gasteiger partial charge in [0.15, 0.2) is 0 Å². The van der Waals surface area contributed by atoms with Gasteiger partial charge in [-0.05, 0) is 38.7 Å². The van der Waals surface area contributed by atoms with E-state index in [4.69, 9.17) is 4.74 Å². The van der Waals surface area contributed by atoms with Gasteiger partial charge >= 0.3 is 5.97 Å². The number of nitrogens with zero attached hydrogens (tertiary/aromatic N) is 2. The number of methoxy groups -OCH3 is 1. The van der Waals surface area contributed by atoms with Crippen LogP contribution >= 0.6 is 0 Å². The number of hydrogen-bond acceptors (Lipinski definition) is 4. The smallest absolute Gasteiger partial charge is 0.311 e. The van der Waals surface area contributed by atoms with Gasteiger partial charge in [0.05, 0.1) is 5.41 Å². The molecule has 2 N–H and O–H groups in total. The quantitative estimate of drug-likeness (QED) is 0.775. The Hall–Kier alpha value is -1.89. The van der Waals surface area contributed by atoms with Crippen molar-refractivity contribution < 1.29 is 19.4 Å². The summed E-state index contributed by atoms with van der Waals surface area (Å²) < 4.78 is 5.02. The molecule has 22 heavy (non-hydrogen) atoms. The van der Waals surface area contributed by atoms with E-state index in [-0.39, 0.29) is 12.5 Å². The van der Waals surface area contributed by atoms with Crippen molar-refractivity contribution in [3.63, 3.8) is 0 Å². The van der Waals surface area contributed by atoms with E-state index in [2.05, 4.69) is 10.2 Å². The van der Waals surface area contributed by atoms with Crippen molar-refractivity contribution in [3.8, 4) is 0 Å². The SMILES string of the molecule is COCCC[C@@]1(C(=O)O)CCCN(C(=O)c2cc(C)[nH]n2)C1. The molecule has 0 saturated carbocycles. The molecule has 0 radical (unpaired) electrons. The fourth-order valence-electron chi connectivity index (χ4n) is 3.04. The van der Waals surface area contributed by atoms with Crippen LogP contribution in [-0.2, 0) is 9.53 Å². The number of rotatable bonds is 6. The van der Waals surface area contributed by atoms with E-state index < -0.39 is 11.4 Å². The lowest BCUT2D eigenvalue weighted by Gasteiger charge is -2.39. The summed E-state index contributed by atoms with van der Waals surface area (Å²) in [6.07, 6.45) is 2.47. The normalized spacial score (nSPS) is 21.8. The second kappa shape index (κ2) is 6.91. The van der Waals surface area contributed by atoms with E-state index >= 15 is 0 Å². The van der Waals surface area contributed by atoms with Gasteiger partial charge < -0.3 is 14.7 Å². The lowest BCUT2D eigenvalue weighted by Crippen LogP contribution is -2.50. The first-order valence-electron chi connectivity index (χ1n) is 7.52. The van der Waals surface area contributed by atoms with E-state index in [1.165, 1.54) is 0 Å². The third-order valence-electron chi connectivity index (χ3n) is 4.25. The lowest BCUT2D eigenvalue weighted by atomic mass is 9.76. The number of likely N-dealkylation sites (tertiary alicyclic amines) is 1. The number of aromatic amines is 1.